The second kappa shape index (κ2) is 7.43. The third-order valence-electron chi connectivity index (χ3n) is 4.66. The van der Waals surface area contributed by atoms with Crippen molar-refractivity contribution in [1.82, 2.24) is 4.90 Å². The first-order valence-corrected chi connectivity index (χ1v) is 8.56. The lowest BCUT2D eigenvalue weighted by atomic mass is 9.89. The van der Waals surface area contributed by atoms with Crippen LogP contribution in [0, 0.1) is 11.3 Å². The van der Waals surface area contributed by atoms with Gasteiger partial charge < -0.3 is 18.9 Å². The number of carbonyl (C=O) groups excluding carboxylic acids is 2. The number of hydrogen-bond acceptors (Lipinski definition) is 6. The molecule has 0 aromatic heterocycles. The molecule has 0 spiro atoms. The smallest absolute Gasteiger partial charge is 0.331 e. The lowest BCUT2D eigenvalue weighted by Crippen LogP contribution is -2.56. The lowest BCUT2D eigenvalue weighted by Gasteiger charge is -2.39. The summed E-state index contributed by atoms with van der Waals surface area (Å²) >= 11 is 0. The highest BCUT2D eigenvalue weighted by atomic mass is 16.7. The largest absolute Gasteiger partial charge is 0.467 e. The Labute approximate surface area is 149 Å². The fourth-order valence-electron chi connectivity index (χ4n) is 3.38. The SMILES string of the molecule is C=CCC(C(=O)N1[C@H](C(=O)OC)CO[C@@H]1C(C)(C)C)C1(C)OCCO1. The molecular weight excluding hydrogens is 326 g/mol. The van der Waals surface area contributed by atoms with E-state index in [1.165, 1.54) is 12.0 Å². The highest BCUT2D eigenvalue weighted by molar-refractivity contribution is 5.87. The first-order valence-electron chi connectivity index (χ1n) is 8.56. The van der Waals surface area contributed by atoms with Crippen molar-refractivity contribution in [3.05, 3.63) is 12.7 Å². The standard InChI is InChI=1S/C18H29NO6/c1-7-8-12(18(5)24-9-10-25-18)14(20)19-13(15(21)22-6)11-23-16(19)17(2,3)4/h7,12-13,16H,1,8-11H2,2-6H3/t12?,13-,16+/m0/s1. The number of amides is 1. The van der Waals surface area contributed by atoms with Crippen LogP contribution in [-0.4, -0.2) is 61.8 Å². The summed E-state index contributed by atoms with van der Waals surface area (Å²) in [6, 6.07) is -0.779. The van der Waals surface area contributed by atoms with Crippen molar-refractivity contribution >= 4 is 11.9 Å². The van der Waals surface area contributed by atoms with Gasteiger partial charge in [0.05, 0.1) is 32.8 Å². The van der Waals surface area contributed by atoms with Gasteiger partial charge in [0, 0.05) is 5.41 Å². The molecule has 2 aliphatic rings. The quantitative estimate of drug-likeness (QED) is 0.552. The molecule has 0 radical (unpaired) electrons. The molecule has 0 aliphatic carbocycles. The zero-order chi connectivity index (χ0) is 18.8. The van der Waals surface area contributed by atoms with E-state index in [2.05, 4.69) is 6.58 Å². The fraction of sp³-hybridized carbons (Fsp3) is 0.778. The van der Waals surface area contributed by atoms with Crippen molar-refractivity contribution in [2.75, 3.05) is 26.9 Å². The normalized spacial score (nSPS) is 27.2. The van der Waals surface area contributed by atoms with Crippen LogP contribution < -0.4 is 0 Å². The molecule has 0 aromatic rings. The van der Waals surface area contributed by atoms with Crippen molar-refractivity contribution in [3.63, 3.8) is 0 Å². The summed E-state index contributed by atoms with van der Waals surface area (Å²) in [6.45, 7) is 12.4. The Morgan fingerprint density at radius 1 is 1.36 bits per heavy atom. The number of rotatable bonds is 5. The van der Waals surface area contributed by atoms with Gasteiger partial charge in [0.15, 0.2) is 11.8 Å². The lowest BCUT2D eigenvalue weighted by molar-refractivity contribution is -0.198. The van der Waals surface area contributed by atoms with Gasteiger partial charge >= 0.3 is 5.97 Å². The molecule has 3 atom stereocenters. The highest BCUT2D eigenvalue weighted by Gasteiger charge is 2.53. The molecule has 0 bridgehead atoms. The topological polar surface area (TPSA) is 74.3 Å². The molecule has 0 saturated carbocycles. The molecule has 2 aliphatic heterocycles. The maximum Gasteiger partial charge on any atom is 0.331 e. The van der Waals surface area contributed by atoms with Crippen molar-refractivity contribution in [2.45, 2.75) is 52.2 Å². The van der Waals surface area contributed by atoms with Gasteiger partial charge in [-0.05, 0) is 13.3 Å². The van der Waals surface area contributed by atoms with Gasteiger partial charge in [-0.3, -0.25) is 9.69 Å². The van der Waals surface area contributed by atoms with Gasteiger partial charge in [-0.25, -0.2) is 4.79 Å². The van der Waals surface area contributed by atoms with Crippen molar-refractivity contribution in [2.24, 2.45) is 11.3 Å². The zero-order valence-electron chi connectivity index (χ0n) is 15.7. The minimum atomic E-state index is -1.04. The van der Waals surface area contributed by atoms with Crippen LogP contribution in [0.4, 0.5) is 0 Å². The van der Waals surface area contributed by atoms with Gasteiger partial charge in [0.25, 0.3) is 0 Å². The number of ether oxygens (including phenoxy) is 4. The number of hydrogen-bond donors (Lipinski definition) is 0. The minimum absolute atomic E-state index is 0.111. The van der Waals surface area contributed by atoms with E-state index >= 15 is 0 Å². The van der Waals surface area contributed by atoms with Crippen LogP contribution in [0.25, 0.3) is 0 Å². The van der Waals surface area contributed by atoms with E-state index < -0.39 is 29.9 Å². The Kier molecular flexibility index (Phi) is 5.91. The summed E-state index contributed by atoms with van der Waals surface area (Å²) in [4.78, 5) is 27.1. The fourth-order valence-corrected chi connectivity index (χ4v) is 3.38. The molecule has 2 heterocycles. The summed E-state index contributed by atoms with van der Waals surface area (Å²) in [5, 5.41) is 0. The average molecular weight is 355 g/mol. The van der Waals surface area contributed by atoms with E-state index in [1.54, 1.807) is 13.0 Å². The number of allylic oxidation sites excluding steroid dienone is 1. The molecule has 2 rings (SSSR count). The molecular formula is C18H29NO6. The average Bonchev–Trinajstić information content (AvgIpc) is 3.17. The van der Waals surface area contributed by atoms with Crippen LogP contribution in [0.15, 0.2) is 12.7 Å². The van der Waals surface area contributed by atoms with Crippen LogP contribution in [0.3, 0.4) is 0 Å². The summed E-state index contributed by atoms with van der Waals surface area (Å²) in [6.07, 6.45) is 1.49. The van der Waals surface area contributed by atoms with Gasteiger partial charge in [0.2, 0.25) is 5.91 Å². The van der Waals surface area contributed by atoms with Crippen LogP contribution in [-0.2, 0) is 28.5 Å². The molecule has 1 amide bonds. The van der Waals surface area contributed by atoms with E-state index in [0.29, 0.717) is 19.6 Å². The molecule has 142 valence electrons. The molecule has 7 nitrogen and oxygen atoms in total. The van der Waals surface area contributed by atoms with Gasteiger partial charge in [0.1, 0.15) is 6.23 Å². The maximum atomic E-state index is 13.4. The predicted octanol–water partition coefficient (Wildman–Crippen LogP) is 1.71. The summed E-state index contributed by atoms with van der Waals surface area (Å²) < 4.78 is 22.1. The number of carbonyl (C=O) groups is 2. The van der Waals surface area contributed by atoms with E-state index in [9.17, 15) is 9.59 Å². The summed E-state index contributed by atoms with van der Waals surface area (Å²) in [5.74, 6) is -2.41. The summed E-state index contributed by atoms with van der Waals surface area (Å²) in [5.41, 5.74) is -0.366. The Morgan fingerprint density at radius 2 is 1.96 bits per heavy atom. The third kappa shape index (κ3) is 3.88. The van der Waals surface area contributed by atoms with Gasteiger partial charge in [-0.2, -0.15) is 0 Å². The minimum Gasteiger partial charge on any atom is -0.467 e. The first kappa shape index (κ1) is 19.9. The molecule has 2 saturated heterocycles. The van der Waals surface area contributed by atoms with Crippen LogP contribution >= 0.6 is 0 Å². The molecule has 0 aromatic carbocycles. The van der Waals surface area contributed by atoms with Gasteiger partial charge in [-0.15, -0.1) is 6.58 Å². The predicted molar refractivity (Wildman–Crippen MR) is 90.5 cm³/mol. The Hall–Kier alpha value is -1.44. The summed E-state index contributed by atoms with van der Waals surface area (Å²) in [7, 11) is 1.31. The highest BCUT2D eigenvalue weighted by Crippen LogP contribution is 2.38. The van der Waals surface area contributed by atoms with Crippen LogP contribution in [0.1, 0.15) is 34.1 Å². The molecule has 25 heavy (non-hydrogen) atoms. The van der Waals surface area contributed by atoms with Crippen LogP contribution in [0.2, 0.25) is 0 Å². The third-order valence-corrected chi connectivity index (χ3v) is 4.66. The zero-order valence-corrected chi connectivity index (χ0v) is 15.7. The van der Waals surface area contributed by atoms with E-state index in [-0.39, 0.29) is 17.9 Å². The molecule has 0 N–H and O–H groups in total. The maximum absolute atomic E-state index is 13.4. The van der Waals surface area contributed by atoms with Crippen molar-refractivity contribution < 1.29 is 28.5 Å². The Bertz CT molecular complexity index is 520. The Morgan fingerprint density at radius 3 is 2.44 bits per heavy atom. The number of nitrogens with zero attached hydrogens (tertiary/aromatic N) is 1. The number of esters is 1. The number of methoxy groups -OCH3 is 1. The molecule has 7 heteroatoms. The molecule has 2 fully saturated rings. The van der Waals surface area contributed by atoms with E-state index in [4.69, 9.17) is 18.9 Å². The monoisotopic (exact) mass is 355 g/mol. The van der Waals surface area contributed by atoms with E-state index in [1.807, 2.05) is 20.8 Å². The van der Waals surface area contributed by atoms with Gasteiger partial charge in [-0.1, -0.05) is 26.8 Å². The first-order chi connectivity index (χ1) is 11.7. The Balaban J connectivity index is 2.37. The van der Waals surface area contributed by atoms with E-state index in [0.717, 1.165) is 0 Å². The van der Waals surface area contributed by atoms with Crippen molar-refractivity contribution in [3.8, 4) is 0 Å². The second-order valence-electron chi connectivity index (χ2n) is 7.63. The molecule has 1 unspecified atom stereocenters. The second-order valence-corrected chi connectivity index (χ2v) is 7.63. The van der Waals surface area contributed by atoms with Crippen LogP contribution in [0.5, 0.6) is 0 Å². The van der Waals surface area contributed by atoms with Crippen molar-refractivity contribution in [1.29, 1.82) is 0 Å².